The molecule has 1 aliphatic carbocycles. The summed E-state index contributed by atoms with van der Waals surface area (Å²) in [7, 11) is 0. The van der Waals surface area contributed by atoms with E-state index < -0.39 is 128 Å². The van der Waals surface area contributed by atoms with Gasteiger partial charge in [-0.15, -0.1) is 0 Å². The molecule has 5 heterocycles. The van der Waals surface area contributed by atoms with E-state index in [0.29, 0.717) is 61.6 Å². The van der Waals surface area contributed by atoms with Crippen LogP contribution in [0.1, 0.15) is 60.2 Å². The smallest absolute Gasteiger partial charge is 0.338 e. The molecule has 1 fully saturated rings. The summed E-state index contributed by atoms with van der Waals surface area (Å²) in [6, 6.07) is 7.25. The van der Waals surface area contributed by atoms with Crippen molar-refractivity contribution in [1.82, 2.24) is 46.7 Å². The first-order valence-electron chi connectivity index (χ1n) is 24.4. The second kappa shape index (κ2) is 22.8. The van der Waals surface area contributed by atoms with Gasteiger partial charge in [0.2, 0.25) is 35.4 Å². The van der Waals surface area contributed by atoms with Crippen LogP contribution in [0.4, 0.5) is 4.39 Å². The number of aromatic nitrogens is 1. The molecule has 5 aliphatic rings. The standard InChI is InChI=1S/C51H55FN10O14/c1-4-51(74)31-15-36-45-29(21-61(36)49(72)30(31)22-75-50(51)73)44-33(11-10-28-25(2)32(52)16-34(59-45)43(28)44)60-46(69)26(3)76-24-57-39(65)19-55-47(70)35(14-27-8-6-5-7-9-27)58-40(66)20-54-38(64)18-56-48(71)37(17-53-23-63)62-41(67)12-13-42(62)68/h5-9,12-13,15-16,26,30-31,35,37,53,63,74H,4,10-11,14,17-24H2,1-3H3,(H,54,64)(H,55,70)(H,56,71)(H,57,65)(H,58,66)/t26-,30?,31?,35+,37?,51+/m1/s1. The molecule has 3 unspecified atom stereocenters. The number of rotatable bonds is 20. The third-order valence-electron chi connectivity index (χ3n) is 14.0. The second-order valence-corrected chi connectivity index (χ2v) is 18.6. The molecule has 2 aromatic carbocycles. The lowest BCUT2D eigenvalue weighted by Crippen LogP contribution is -2.58. The van der Waals surface area contributed by atoms with E-state index in [9.17, 15) is 53.1 Å². The highest BCUT2D eigenvalue weighted by Gasteiger charge is 2.57. The molecule has 76 heavy (non-hydrogen) atoms. The molecule has 0 spiro atoms. The van der Waals surface area contributed by atoms with E-state index in [2.05, 4.69) is 36.9 Å². The fourth-order valence-electron chi connectivity index (χ4n) is 9.86. The molecule has 1 saturated heterocycles. The molecule has 0 saturated carbocycles. The molecule has 1 aromatic heterocycles. The molecule has 0 radical (unpaired) electrons. The van der Waals surface area contributed by atoms with Gasteiger partial charge in [0.1, 0.15) is 37.3 Å². The summed E-state index contributed by atoms with van der Waals surface area (Å²) in [6.07, 6.45) is 2.90. The largest absolute Gasteiger partial charge is 0.463 e. The SMILES string of the molecule is CC[C@@]1(O)C(=O)OCC2C(=O)N3Cc4c(nc5cc(F)c(C)c6c5c4C(=NC(=O)[C@@H](C)OCNC(=O)CNC(=O)[C@H](Cc4ccccc4)NC(=O)CNC(=O)CNC(=O)C(CNCO)N4C(=O)C=CC4=O)CC6)C3=CC21. The number of nitrogens with one attached hydrogen (secondary N) is 6. The Kier molecular flexibility index (Phi) is 16.2. The minimum atomic E-state index is -1.96. The lowest BCUT2D eigenvalue weighted by molar-refractivity contribution is -0.190. The highest BCUT2D eigenvalue weighted by atomic mass is 19.1. The Balaban J connectivity index is 0.866. The molecular weight excluding hydrogens is 996 g/mol. The third-order valence-corrected chi connectivity index (χ3v) is 14.0. The summed E-state index contributed by atoms with van der Waals surface area (Å²) < 4.78 is 26.3. The molecule has 25 heteroatoms. The number of pyridine rings is 1. The number of aliphatic hydroxyl groups excluding tert-OH is 1. The number of carbonyl (C=O) groups is 10. The third kappa shape index (κ3) is 11.0. The molecule has 400 valence electrons. The first-order valence-corrected chi connectivity index (χ1v) is 24.4. The molecule has 8 rings (SSSR count). The van der Waals surface area contributed by atoms with E-state index in [4.69, 9.17) is 19.6 Å². The number of nitrogens with zero attached hydrogens (tertiary/aromatic N) is 4. The van der Waals surface area contributed by atoms with Gasteiger partial charge < -0.3 is 51.2 Å². The average Bonchev–Trinajstić information content (AvgIpc) is 3.99. The van der Waals surface area contributed by atoms with Crippen molar-refractivity contribution in [1.29, 1.82) is 0 Å². The van der Waals surface area contributed by atoms with Gasteiger partial charge >= 0.3 is 5.97 Å². The first kappa shape index (κ1) is 54.1. The molecule has 4 aliphatic heterocycles. The number of hydrogen-bond acceptors (Lipinski definition) is 16. The van der Waals surface area contributed by atoms with Crippen LogP contribution in [-0.4, -0.2) is 160 Å². The Hall–Kier alpha value is -8.13. The normalized spacial score (nSPS) is 21.0. The van der Waals surface area contributed by atoms with Gasteiger partial charge in [0.15, 0.2) is 5.60 Å². The van der Waals surface area contributed by atoms with Gasteiger partial charge in [-0.1, -0.05) is 43.3 Å². The maximum absolute atomic E-state index is 15.4. The van der Waals surface area contributed by atoms with Crippen LogP contribution in [0.3, 0.4) is 0 Å². The molecule has 9 amide bonds. The average molecular weight is 1050 g/mol. The topological polar surface area (TPSA) is 334 Å². The number of halogens is 1. The Labute approximate surface area is 432 Å². The van der Waals surface area contributed by atoms with Crippen molar-refractivity contribution in [2.45, 2.75) is 76.8 Å². The number of imide groups is 1. The summed E-state index contributed by atoms with van der Waals surface area (Å²) in [6.45, 7) is 1.27. The Morgan fingerprint density at radius 3 is 2.32 bits per heavy atom. The van der Waals surface area contributed by atoms with E-state index in [1.54, 1.807) is 50.3 Å². The number of aliphatic imine (C=N–C) groups is 1. The number of fused-ring (bicyclic) bond motifs is 5. The van der Waals surface area contributed by atoms with Crippen molar-refractivity contribution < 1.29 is 72.0 Å². The number of esters is 1. The minimum Gasteiger partial charge on any atom is -0.463 e. The molecular formula is C51H55FN10O14. The van der Waals surface area contributed by atoms with E-state index >= 15 is 4.39 Å². The number of cyclic esters (lactones) is 1. The zero-order valence-electron chi connectivity index (χ0n) is 41.5. The van der Waals surface area contributed by atoms with Crippen LogP contribution < -0.4 is 31.9 Å². The van der Waals surface area contributed by atoms with E-state index in [1.807, 2.05) is 0 Å². The monoisotopic (exact) mass is 1050 g/mol. The lowest BCUT2D eigenvalue weighted by Gasteiger charge is -2.44. The van der Waals surface area contributed by atoms with Crippen LogP contribution in [0.5, 0.6) is 0 Å². The Morgan fingerprint density at radius 2 is 1.62 bits per heavy atom. The molecule has 3 aromatic rings. The highest BCUT2D eigenvalue weighted by molar-refractivity contribution is 6.19. The number of aliphatic hydroxyl groups is 2. The van der Waals surface area contributed by atoms with Crippen LogP contribution in [0.15, 0.2) is 59.6 Å². The van der Waals surface area contributed by atoms with Gasteiger partial charge in [-0.25, -0.2) is 19.2 Å². The summed E-state index contributed by atoms with van der Waals surface area (Å²) in [5.74, 6) is -9.72. The predicted molar refractivity (Wildman–Crippen MR) is 263 cm³/mol. The molecule has 8 N–H and O–H groups in total. The Bertz CT molecular complexity index is 3020. The first-order chi connectivity index (χ1) is 36.3. The van der Waals surface area contributed by atoms with Gasteiger partial charge in [0.25, 0.3) is 17.7 Å². The van der Waals surface area contributed by atoms with Crippen molar-refractivity contribution in [3.63, 3.8) is 0 Å². The molecule has 0 bridgehead atoms. The zero-order valence-corrected chi connectivity index (χ0v) is 41.5. The van der Waals surface area contributed by atoms with Crippen LogP contribution in [-0.2, 0) is 76.8 Å². The van der Waals surface area contributed by atoms with Crippen molar-refractivity contribution in [3.05, 3.63) is 94.0 Å². The van der Waals surface area contributed by atoms with Crippen LogP contribution >= 0.6 is 0 Å². The maximum atomic E-state index is 15.4. The fraction of sp³-hybridized carbons (Fsp3) is 0.412. The van der Waals surface area contributed by atoms with E-state index in [-0.39, 0.29) is 50.4 Å². The maximum Gasteiger partial charge on any atom is 0.338 e. The summed E-state index contributed by atoms with van der Waals surface area (Å²) in [4.78, 5) is 141. The summed E-state index contributed by atoms with van der Waals surface area (Å²) >= 11 is 0. The minimum absolute atomic E-state index is 0.0110. The van der Waals surface area contributed by atoms with Crippen LogP contribution in [0.2, 0.25) is 0 Å². The summed E-state index contributed by atoms with van der Waals surface area (Å²) in [5.41, 5.74) is 2.14. The van der Waals surface area contributed by atoms with Gasteiger partial charge in [-0.05, 0) is 49.8 Å². The number of carbonyl (C=O) groups excluding carboxylic acids is 10. The van der Waals surface area contributed by atoms with E-state index in [1.165, 1.54) is 17.9 Å². The molecule has 6 atom stereocenters. The second-order valence-electron chi connectivity index (χ2n) is 18.6. The van der Waals surface area contributed by atoms with Gasteiger partial charge in [-0.2, -0.15) is 0 Å². The predicted octanol–water partition coefficient (Wildman–Crippen LogP) is -2.04. The summed E-state index contributed by atoms with van der Waals surface area (Å²) in [5, 5.41) is 35.6. The van der Waals surface area contributed by atoms with Gasteiger partial charge in [-0.3, -0.25) is 53.4 Å². The van der Waals surface area contributed by atoms with Gasteiger partial charge in [0, 0.05) is 53.6 Å². The fourth-order valence-corrected chi connectivity index (χ4v) is 9.86. The van der Waals surface area contributed by atoms with Crippen molar-refractivity contribution >= 4 is 81.4 Å². The van der Waals surface area contributed by atoms with Gasteiger partial charge in [0.05, 0.1) is 61.4 Å². The lowest BCUT2D eigenvalue weighted by atomic mass is 9.72. The van der Waals surface area contributed by atoms with Crippen LogP contribution in [0, 0.1) is 24.6 Å². The number of aryl methyl sites for hydroxylation is 1. The van der Waals surface area contributed by atoms with E-state index in [0.717, 1.165) is 12.2 Å². The number of amides is 9. The van der Waals surface area contributed by atoms with Crippen molar-refractivity contribution in [2.75, 3.05) is 46.2 Å². The zero-order chi connectivity index (χ0) is 54.6. The quantitative estimate of drug-likeness (QED) is 0.0343. The van der Waals surface area contributed by atoms with Crippen molar-refractivity contribution in [3.8, 4) is 0 Å². The highest BCUT2D eigenvalue weighted by Crippen LogP contribution is 2.48. The number of hydrogen-bond donors (Lipinski definition) is 8. The van der Waals surface area contributed by atoms with Crippen molar-refractivity contribution in [2.24, 2.45) is 16.8 Å². The van der Waals surface area contributed by atoms with Crippen LogP contribution in [0.25, 0.3) is 16.6 Å². The Morgan fingerprint density at radius 1 is 0.934 bits per heavy atom. The number of benzene rings is 2. The molecule has 24 nitrogen and oxygen atoms in total. The number of ether oxygens (including phenoxy) is 2.